The van der Waals surface area contributed by atoms with E-state index >= 15 is 0 Å². The van der Waals surface area contributed by atoms with Gasteiger partial charge in [-0.2, -0.15) is 0 Å². The summed E-state index contributed by atoms with van der Waals surface area (Å²) in [5, 5.41) is 3.08. The number of carbonyl (C=O) groups excluding carboxylic acids is 1. The van der Waals surface area contributed by atoms with Gasteiger partial charge in [-0.1, -0.05) is 36.4 Å². The molecule has 0 saturated carbocycles. The van der Waals surface area contributed by atoms with Crippen molar-refractivity contribution in [2.24, 2.45) is 0 Å². The number of rotatable bonds is 6. The summed E-state index contributed by atoms with van der Waals surface area (Å²) in [6.45, 7) is 6.96. The molecular weight excluding hydrogens is 354 g/mol. The molecule has 1 amide bonds. The molecule has 0 spiro atoms. The molecule has 1 saturated heterocycles. The zero-order chi connectivity index (χ0) is 19.1. The summed E-state index contributed by atoms with van der Waals surface area (Å²) in [4.78, 5) is 18.7. The second-order valence-electron chi connectivity index (χ2n) is 7.05. The second-order valence-corrected chi connectivity index (χ2v) is 7.93. The molecule has 0 radical (unpaired) electrons. The molecule has 0 aromatic heterocycles. The Balaban J connectivity index is 1.53. The largest absolute Gasteiger partial charge is 0.325 e. The minimum absolute atomic E-state index is 0.0739. The molecule has 1 heterocycles. The topological polar surface area (TPSA) is 35.6 Å². The SMILES string of the molecule is CSc1cccc(NC(=O)C(C)N2CCCN(Cc3ccccc3)CC2)c1. The minimum atomic E-state index is -0.125. The van der Waals surface area contributed by atoms with Gasteiger partial charge >= 0.3 is 0 Å². The highest BCUT2D eigenvalue weighted by Crippen LogP contribution is 2.19. The van der Waals surface area contributed by atoms with E-state index in [2.05, 4.69) is 51.5 Å². The number of amides is 1. The van der Waals surface area contributed by atoms with Crippen LogP contribution in [0.15, 0.2) is 59.5 Å². The van der Waals surface area contributed by atoms with E-state index in [0.29, 0.717) is 0 Å². The van der Waals surface area contributed by atoms with Crippen LogP contribution in [-0.4, -0.2) is 54.2 Å². The Hall–Kier alpha value is -1.82. The number of nitrogens with one attached hydrogen (secondary N) is 1. The Morgan fingerprint density at radius 3 is 2.67 bits per heavy atom. The van der Waals surface area contributed by atoms with Crippen LogP contribution < -0.4 is 5.32 Å². The van der Waals surface area contributed by atoms with Gasteiger partial charge in [0.2, 0.25) is 5.91 Å². The zero-order valence-corrected chi connectivity index (χ0v) is 17.0. The number of carbonyl (C=O) groups is 1. The number of anilines is 1. The van der Waals surface area contributed by atoms with Crippen molar-refractivity contribution in [1.29, 1.82) is 0 Å². The molecule has 0 bridgehead atoms. The van der Waals surface area contributed by atoms with Gasteiger partial charge in [-0.25, -0.2) is 0 Å². The standard InChI is InChI=1S/C22H29N3OS/c1-18(22(26)23-20-10-6-11-21(16-20)27-2)25-13-7-12-24(14-15-25)17-19-8-4-3-5-9-19/h3-6,8-11,16,18H,7,12-15,17H2,1-2H3,(H,23,26). The molecule has 0 aliphatic carbocycles. The van der Waals surface area contributed by atoms with E-state index in [4.69, 9.17) is 0 Å². The summed E-state index contributed by atoms with van der Waals surface area (Å²) in [6.07, 6.45) is 3.13. The maximum Gasteiger partial charge on any atom is 0.241 e. The number of benzene rings is 2. The highest BCUT2D eigenvalue weighted by atomic mass is 32.2. The monoisotopic (exact) mass is 383 g/mol. The van der Waals surface area contributed by atoms with Crippen LogP contribution in [0.4, 0.5) is 5.69 Å². The first-order chi connectivity index (χ1) is 13.2. The molecule has 4 nitrogen and oxygen atoms in total. The third-order valence-electron chi connectivity index (χ3n) is 5.14. The lowest BCUT2D eigenvalue weighted by Crippen LogP contribution is -2.43. The third kappa shape index (κ3) is 5.83. The first kappa shape index (κ1) is 19.9. The third-order valence-corrected chi connectivity index (χ3v) is 5.86. The maximum absolute atomic E-state index is 12.7. The van der Waals surface area contributed by atoms with Crippen LogP contribution in [0, 0.1) is 0 Å². The van der Waals surface area contributed by atoms with Crippen molar-refractivity contribution >= 4 is 23.4 Å². The van der Waals surface area contributed by atoms with Crippen LogP contribution >= 0.6 is 11.8 Å². The van der Waals surface area contributed by atoms with E-state index in [0.717, 1.165) is 49.7 Å². The molecule has 1 fully saturated rings. The van der Waals surface area contributed by atoms with Gasteiger partial charge < -0.3 is 5.32 Å². The van der Waals surface area contributed by atoms with E-state index in [1.807, 2.05) is 31.4 Å². The quantitative estimate of drug-likeness (QED) is 0.767. The molecule has 2 aromatic carbocycles. The van der Waals surface area contributed by atoms with Crippen LogP contribution in [0.5, 0.6) is 0 Å². The summed E-state index contributed by atoms with van der Waals surface area (Å²) in [7, 11) is 0. The first-order valence-electron chi connectivity index (χ1n) is 9.61. The fourth-order valence-electron chi connectivity index (χ4n) is 3.49. The lowest BCUT2D eigenvalue weighted by molar-refractivity contribution is -0.120. The smallest absolute Gasteiger partial charge is 0.241 e. The average molecular weight is 384 g/mol. The summed E-state index contributed by atoms with van der Waals surface area (Å²) in [5.74, 6) is 0.0739. The van der Waals surface area contributed by atoms with Crippen LogP contribution in [-0.2, 0) is 11.3 Å². The summed E-state index contributed by atoms with van der Waals surface area (Å²) in [6, 6.07) is 18.5. The summed E-state index contributed by atoms with van der Waals surface area (Å²) < 4.78 is 0. The maximum atomic E-state index is 12.7. The molecule has 1 aliphatic heterocycles. The Kier molecular flexibility index (Phi) is 7.33. The fourth-order valence-corrected chi connectivity index (χ4v) is 3.95. The number of nitrogens with zero attached hydrogens (tertiary/aromatic N) is 2. The number of thioether (sulfide) groups is 1. The molecule has 1 unspecified atom stereocenters. The molecule has 3 rings (SSSR count). The lowest BCUT2D eigenvalue weighted by atomic mass is 10.2. The van der Waals surface area contributed by atoms with Gasteiger partial charge in [-0.15, -0.1) is 11.8 Å². The van der Waals surface area contributed by atoms with Crippen molar-refractivity contribution in [2.75, 3.05) is 37.8 Å². The number of hydrogen-bond donors (Lipinski definition) is 1. The van der Waals surface area contributed by atoms with Crippen LogP contribution in [0.1, 0.15) is 18.9 Å². The molecule has 5 heteroatoms. The van der Waals surface area contributed by atoms with Gasteiger partial charge in [0.15, 0.2) is 0 Å². The van der Waals surface area contributed by atoms with E-state index in [1.165, 1.54) is 5.56 Å². The van der Waals surface area contributed by atoms with E-state index in [9.17, 15) is 4.79 Å². The lowest BCUT2D eigenvalue weighted by Gasteiger charge is -2.27. The molecule has 2 aromatic rings. The molecule has 1 atom stereocenters. The second kappa shape index (κ2) is 9.93. The molecule has 144 valence electrons. The minimum Gasteiger partial charge on any atom is -0.325 e. The fraction of sp³-hybridized carbons (Fsp3) is 0.409. The van der Waals surface area contributed by atoms with Crippen molar-refractivity contribution in [1.82, 2.24) is 9.80 Å². The normalized spacial score (nSPS) is 17.3. The van der Waals surface area contributed by atoms with Gasteiger partial charge in [0.05, 0.1) is 6.04 Å². The van der Waals surface area contributed by atoms with Crippen LogP contribution in [0.3, 0.4) is 0 Å². The molecule has 1 aliphatic rings. The number of hydrogen-bond acceptors (Lipinski definition) is 4. The Labute approximate surface area is 166 Å². The summed E-state index contributed by atoms with van der Waals surface area (Å²) >= 11 is 1.68. The molecule has 1 N–H and O–H groups in total. The van der Waals surface area contributed by atoms with E-state index in [1.54, 1.807) is 11.8 Å². The Morgan fingerprint density at radius 1 is 1.07 bits per heavy atom. The van der Waals surface area contributed by atoms with Crippen molar-refractivity contribution in [3.8, 4) is 0 Å². The van der Waals surface area contributed by atoms with Crippen LogP contribution in [0.25, 0.3) is 0 Å². The van der Waals surface area contributed by atoms with Gasteiger partial charge in [-0.3, -0.25) is 14.6 Å². The Bertz CT molecular complexity index is 737. The average Bonchev–Trinajstić information content (AvgIpc) is 2.94. The van der Waals surface area contributed by atoms with Crippen molar-refractivity contribution in [2.45, 2.75) is 30.8 Å². The molecule has 27 heavy (non-hydrogen) atoms. The van der Waals surface area contributed by atoms with Crippen molar-refractivity contribution in [3.63, 3.8) is 0 Å². The highest BCUT2D eigenvalue weighted by Gasteiger charge is 2.24. The first-order valence-corrected chi connectivity index (χ1v) is 10.8. The van der Waals surface area contributed by atoms with Crippen LogP contribution in [0.2, 0.25) is 0 Å². The predicted octanol–water partition coefficient (Wildman–Crippen LogP) is 3.94. The zero-order valence-electron chi connectivity index (χ0n) is 16.2. The van der Waals surface area contributed by atoms with Crippen molar-refractivity contribution in [3.05, 3.63) is 60.2 Å². The van der Waals surface area contributed by atoms with Gasteiger partial charge in [0.1, 0.15) is 0 Å². The molecular formula is C22H29N3OS. The van der Waals surface area contributed by atoms with Gasteiger partial charge in [-0.05, 0) is 49.9 Å². The summed E-state index contributed by atoms with van der Waals surface area (Å²) in [5.41, 5.74) is 2.23. The van der Waals surface area contributed by atoms with Crippen molar-refractivity contribution < 1.29 is 4.79 Å². The highest BCUT2D eigenvalue weighted by molar-refractivity contribution is 7.98. The van der Waals surface area contributed by atoms with E-state index in [-0.39, 0.29) is 11.9 Å². The van der Waals surface area contributed by atoms with Gasteiger partial charge in [0.25, 0.3) is 0 Å². The van der Waals surface area contributed by atoms with Gasteiger partial charge in [0, 0.05) is 36.8 Å². The predicted molar refractivity (Wildman–Crippen MR) is 114 cm³/mol. The van der Waals surface area contributed by atoms with E-state index < -0.39 is 0 Å². The Morgan fingerprint density at radius 2 is 1.89 bits per heavy atom.